The molecule has 0 aliphatic heterocycles. The van der Waals surface area contributed by atoms with Crippen LogP contribution in [0.5, 0.6) is 0 Å². The summed E-state index contributed by atoms with van der Waals surface area (Å²) in [5.74, 6) is 0.0693. The Balaban J connectivity index is 2.79. The minimum Gasteiger partial charge on any atom is -0.354 e. The number of hydrogen-bond acceptors (Lipinski definition) is 2. The van der Waals surface area contributed by atoms with Gasteiger partial charge in [-0.3, -0.25) is 9.69 Å². The smallest absolute Gasteiger partial charge is 0.244 e. The first-order chi connectivity index (χ1) is 9.03. The number of amides is 1. The fourth-order valence-corrected chi connectivity index (χ4v) is 2.10. The van der Waals surface area contributed by atoms with Crippen LogP contribution in [0, 0.1) is 0 Å². The Hall–Kier alpha value is -1.35. The quantitative estimate of drug-likeness (QED) is 0.766. The van der Waals surface area contributed by atoms with Crippen LogP contribution in [0.1, 0.15) is 38.7 Å². The molecule has 19 heavy (non-hydrogen) atoms. The molecule has 0 unspecified atom stereocenters. The number of carbonyl (C=O) groups excluding carboxylic acids is 1. The second kappa shape index (κ2) is 7.29. The Bertz CT molecular complexity index is 389. The summed E-state index contributed by atoms with van der Waals surface area (Å²) in [6, 6.07) is 9.93. The highest BCUT2D eigenvalue weighted by atomic mass is 16.2. The predicted octanol–water partition coefficient (Wildman–Crippen LogP) is 2.77. The number of likely N-dealkylation sites (N-methyl/N-ethyl adjacent to an activating group) is 1. The first-order valence-corrected chi connectivity index (χ1v) is 7.04. The lowest BCUT2D eigenvalue weighted by Gasteiger charge is -2.35. The van der Waals surface area contributed by atoms with E-state index in [1.807, 2.05) is 56.3 Å². The monoisotopic (exact) mass is 262 g/mol. The summed E-state index contributed by atoms with van der Waals surface area (Å²) in [7, 11) is 3.89. The molecule has 1 amide bonds. The highest BCUT2D eigenvalue weighted by Crippen LogP contribution is 2.26. The van der Waals surface area contributed by atoms with Crippen molar-refractivity contribution in [1.82, 2.24) is 10.2 Å². The maximum absolute atomic E-state index is 12.5. The second-order valence-corrected chi connectivity index (χ2v) is 5.30. The first kappa shape index (κ1) is 15.7. The molecule has 0 aliphatic carbocycles. The summed E-state index contributed by atoms with van der Waals surface area (Å²) in [6.45, 7) is 4.89. The van der Waals surface area contributed by atoms with E-state index in [0.29, 0.717) is 0 Å². The third-order valence-electron chi connectivity index (χ3n) is 3.74. The number of nitrogens with one attached hydrogen (secondary N) is 1. The highest BCUT2D eigenvalue weighted by Gasteiger charge is 2.36. The van der Waals surface area contributed by atoms with Crippen LogP contribution in [0.3, 0.4) is 0 Å². The van der Waals surface area contributed by atoms with Crippen molar-refractivity contribution in [2.24, 2.45) is 0 Å². The van der Waals surface area contributed by atoms with Crippen molar-refractivity contribution in [3.05, 3.63) is 35.9 Å². The number of nitrogens with zero attached hydrogens (tertiary/aromatic N) is 1. The van der Waals surface area contributed by atoms with E-state index in [1.165, 1.54) is 6.42 Å². The van der Waals surface area contributed by atoms with Crippen molar-refractivity contribution in [2.75, 3.05) is 20.6 Å². The molecule has 0 saturated carbocycles. The Morgan fingerprint density at radius 2 is 1.84 bits per heavy atom. The molecule has 1 rings (SSSR count). The van der Waals surface area contributed by atoms with Crippen LogP contribution in [-0.4, -0.2) is 31.4 Å². The molecule has 0 fully saturated rings. The summed E-state index contributed by atoms with van der Waals surface area (Å²) < 4.78 is 0. The molecule has 0 aliphatic rings. The predicted molar refractivity (Wildman–Crippen MR) is 80.0 cm³/mol. The number of rotatable bonds is 7. The van der Waals surface area contributed by atoms with Crippen LogP contribution in [0.2, 0.25) is 0 Å². The molecule has 1 aromatic carbocycles. The Kier molecular flexibility index (Phi) is 6.03. The largest absolute Gasteiger partial charge is 0.354 e. The van der Waals surface area contributed by atoms with Gasteiger partial charge in [-0.15, -0.1) is 0 Å². The summed E-state index contributed by atoms with van der Waals surface area (Å²) >= 11 is 0. The van der Waals surface area contributed by atoms with E-state index in [2.05, 4.69) is 12.2 Å². The molecule has 0 heterocycles. The fraction of sp³-hybridized carbons (Fsp3) is 0.562. The van der Waals surface area contributed by atoms with E-state index in [-0.39, 0.29) is 5.91 Å². The fourth-order valence-electron chi connectivity index (χ4n) is 2.10. The van der Waals surface area contributed by atoms with Gasteiger partial charge in [0.25, 0.3) is 0 Å². The van der Waals surface area contributed by atoms with Crippen molar-refractivity contribution >= 4 is 5.91 Å². The van der Waals surface area contributed by atoms with E-state index in [4.69, 9.17) is 0 Å². The Labute approximate surface area is 117 Å². The van der Waals surface area contributed by atoms with Gasteiger partial charge in [0.2, 0.25) is 5.91 Å². The molecular weight excluding hydrogens is 236 g/mol. The van der Waals surface area contributed by atoms with Gasteiger partial charge in [-0.25, -0.2) is 0 Å². The van der Waals surface area contributed by atoms with E-state index in [0.717, 1.165) is 24.9 Å². The molecule has 0 radical (unpaired) electrons. The third-order valence-corrected chi connectivity index (χ3v) is 3.74. The van der Waals surface area contributed by atoms with Gasteiger partial charge < -0.3 is 5.32 Å². The molecule has 1 atom stereocenters. The number of hydrogen-bond donors (Lipinski definition) is 1. The van der Waals surface area contributed by atoms with Crippen molar-refractivity contribution in [2.45, 2.75) is 38.6 Å². The van der Waals surface area contributed by atoms with Crippen molar-refractivity contribution in [3.63, 3.8) is 0 Å². The first-order valence-electron chi connectivity index (χ1n) is 7.04. The van der Waals surface area contributed by atoms with Crippen LogP contribution in [-0.2, 0) is 10.3 Å². The summed E-state index contributed by atoms with van der Waals surface area (Å²) in [5.41, 5.74) is 0.404. The second-order valence-electron chi connectivity index (χ2n) is 5.30. The molecule has 3 heteroatoms. The molecule has 0 aromatic heterocycles. The Morgan fingerprint density at radius 1 is 1.21 bits per heavy atom. The maximum Gasteiger partial charge on any atom is 0.244 e. The molecule has 106 valence electrons. The zero-order chi connectivity index (χ0) is 14.3. The zero-order valence-corrected chi connectivity index (χ0v) is 12.6. The summed E-state index contributed by atoms with van der Waals surface area (Å²) in [6.07, 6.45) is 3.37. The molecule has 1 aromatic rings. The van der Waals surface area contributed by atoms with Crippen LogP contribution in [0.25, 0.3) is 0 Å². The lowest BCUT2D eigenvalue weighted by molar-refractivity contribution is -0.131. The Morgan fingerprint density at radius 3 is 2.37 bits per heavy atom. The maximum atomic E-state index is 12.5. The molecular formula is C16H26N2O. The highest BCUT2D eigenvalue weighted by molar-refractivity contribution is 5.87. The minimum absolute atomic E-state index is 0.0693. The number of benzene rings is 1. The topological polar surface area (TPSA) is 32.3 Å². The van der Waals surface area contributed by atoms with Gasteiger partial charge in [0.15, 0.2) is 0 Å². The third kappa shape index (κ3) is 3.80. The van der Waals surface area contributed by atoms with Gasteiger partial charge in [-0.05, 0) is 33.0 Å². The minimum atomic E-state index is -0.618. The van der Waals surface area contributed by atoms with Crippen molar-refractivity contribution in [1.29, 1.82) is 0 Å². The standard InChI is InChI=1S/C16H26N2O/c1-5-6-10-13-17-15(19)16(2,18(3)4)14-11-8-7-9-12-14/h7-9,11-12H,5-6,10,13H2,1-4H3,(H,17,19)/t16-/m0/s1. The van der Waals surface area contributed by atoms with Crippen LogP contribution < -0.4 is 5.32 Å². The molecule has 1 N–H and O–H groups in total. The SMILES string of the molecule is CCCCCNC(=O)[C@](C)(c1ccccc1)N(C)C. The van der Waals surface area contributed by atoms with Gasteiger partial charge in [0, 0.05) is 6.54 Å². The van der Waals surface area contributed by atoms with Gasteiger partial charge in [-0.1, -0.05) is 50.1 Å². The van der Waals surface area contributed by atoms with Crippen LogP contribution in [0.15, 0.2) is 30.3 Å². The lowest BCUT2D eigenvalue weighted by Crippen LogP contribution is -2.51. The van der Waals surface area contributed by atoms with Gasteiger partial charge in [0.05, 0.1) is 0 Å². The van der Waals surface area contributed by atoms with E-state index >= 15 is 0 Å². The molecule has 0 bridgehead atoms. The van der Waals surface area contributed by atoms with Crippen molar-refractivity contribution < 1.29 is 4.79 Å². The normalized spacial score (nSPS) is 14.2. The van der Waals surface area contributed by atoms with E-state index in [1.54, 1.807) is 0 Å². The number of carbonyl (C=O) groups is 1. The lowest BCUT2D eigenvalue weighted by atomic mass is 9.89. The van der Waals surface area contributed by atoms with Gasteiger partial charge >= 0.3 is 0 Å². The summed E-state index contributed by atoms with van der Waals surface area (Å²) in [5, 5.41) is 3.06. The molecule has 0 spiro atoms. The number of unbranched alkanes of at least 4 members (excludes halogenated alkanes) is 2. The van der Waals surface area contributed by atoms with Gasteiger partial charge in [-0.2, -0.15) is 0 Å². The zero-order valence-electron chi connectivity index (χ0n) is 12.6. The molecule has 3 nitrogen and oxygen atoms in total. The average Bonchev–Trinajstić information content (AvgIpc) is 2.43. The summed E-state index contributed by atoms with van der Waals surface area (Å²) in [4.78, 5) is 14.5. The van der Waals surface area contributed by atoms with Gasteiger partial charge in [0.1, 0.15) is 5.54 Å². The average molecular weight is 262 g/mol. The van der Waals surface area contributed by atoms with Crippen molar-refractivity contribution in [3.8, 4) is 0 Å². The van der Waals surface area contributed by atoms with E-state index in [9.17, 15) is 4.79 Å². The van der Waals surface area contributed by atoms with Crippen LogP contribution in [0.4, 0.5) is 0 Å². The van der Waals surface area contributed by atoms with E-state index < -0.39 is 5.54 Å². The molecule has 0 saturated heterocycles. The van der Waals surface area contributed by atoms with Crippen LogP contribution >= 0.6 is 0 Å².